The Morgan fingerprint density at radius 1 is 1.32 bits per heavy atom. The van der Waals surface area contributed by atoms with Crippen molar-refractivity contribution in [1.29, 1.82) is 0 Å². The summed E-state index contributed by atoms with van der Waals surface area (Å²) in [5, 5.41) is 0. The average Bonchev–Trinajstić information content (AvgIpc) is 2.76. The van der Waals surface area contributed by atoms with E-state index in [1.54, 1.807) is 0 Å². The predicted molar refractivity (Wildman–Crippen MR) is 87.5 cm³/mol. The third kappa shape index (κ3) is 4.95. The van der Waals surface area contributed by atoms with E-state index >= 15 is 0 Å². The zero-order valence-electron chi connectivity index (χ0n) is 15.6. The molecule has 1 aliphatic heterocycles. The lowest BCUT2D eigenvalue weighted by molar-refractivity contribution is -0.174. The van der Waals surface area contributed by atoms with Crippen molar-refractivity contribution in [3.05, 3.63) is 0 Å². The molecule has 0 N–H and O–H groups in total. The molecule has 0 radical (unpaired) electrons. The summed E-state index contributed by atoms with van der Waals surface area (Å²) in [4.78, 5) is 12.7. The number of carbonyl (C=O) groups excluding carboxylic acids is 1. The number of ether oxygens (including phenoxy) is 3. The number of rotatable bonds is 6. The Morgan fingerprint density at radius 3 is 2.32 bits per heavy atom. The first-order valence-electron chi connectivity index (χ1n) is 8.41. The minimum atomic E-state index is -0.538. The van der Waals surface area contributed by atoms with Crippen molar-refractivity contribution >= 4 is 5.97 Å². The molecule has 130 valence electrons. The maximum atomic E-state index is 12.7. The summed E-state index contributed by atoms with van der Waals surface area (Å²) >= 11 is 0. The maximum absolute atomic E-state index is 12.7. The second-order valence-corrected chi connectivity index (χ2v) is 8.45. The number of esters is 1. The van der Waals surface area contributed by atoms with E-state index in [0.717, 1.165) is 12.8 Å². The van der Waals surface area contributed by atoms with E-state index in [1.807, 2.05) is 20.8 Å². The predicted octanol–water partition coefficient (Wildman–Crippen LogP) is 4.17. The molecule has 1 fully saturated rings. The van der Waals surface area contributed by atoms with Gasteiger partial charge in [-0.1, -0.05) is 41.5 Å². The van der Waals surface area contributed by atoms with Crippen LogP contribution in [-0.4, -0.2) is 31.1 Å². The summed E-state index contributed by atoms with van der Waals surface area (Å²) in [6.45, 7) is 17.3. The Morgan fingerprint density at radius 2 is 1.91 bits per heavy atom. The van der Waals surface area contributed by atoms with E-state index in [4.69, 9.17) is 14.2 Å². The van der Waals surface area contributed by atoms with E-state index in [2.05, 4.69) is 34.6 Å². The van der Waals surface area contributed by atoms with Gasteiger partial charge in [-0.2, -0.15) is 0 Å². The first kappa shape index (κ1) is 19.4. The van der Waals surface area contributed by atoms with Crippen LogP contribution in [0.25, 0.3) is 0 Å². The first-order valence-corrected chi connectivity index (χ1v) is 8.41. The Balaban J connectivity index is 2.62. The summed E-state index contributed by atoms with van der Waals surface area (Å²) in [6, 6.07) is 0. The quantitative estimate of drug-likeness (QED) is 0.690. The minimum absolute atomic E-state index is 0.0752. The molecule has 0 aromatic heterocycles. The van der Waals surface area contributed by atoms with E-state index in [-0.39, 0.29) is 30.0 Å². The van der Waals surface area contributed by atoms with Gasteiger partial charge in [-0.05, 0) is 38.0 Å². The van der Waals surface area contributed by atoms with Crippen molar-refractivity contribution in [2.24, 2.45) is 16.7 Å². The van der Waals surface area contributed by atoms with Gasteiger partial charge in [-0.15, -0.1) is 0 Å². The van der Waals surface area contributed by atoms with Gasteiger partial charge in [0.05, 0.1) is 12.0 Å². The van der Waals surface area contributed by atoms with Crippen molar-refractivity contribution < 1.29 is 19.0 Å². The average molecular weight is 314 g/mol. The van der Waals surface area contributed by atoms with Crippen molar-refractivity contribution in [3.63, 3.8) is 0 Å². The van der Waals surface area contributed by atoms with Crippen LogP contribution >= 0.6 is 0 Å². The highest BCUT2D eigenvalue weighted by Gasteiger charge is 2.42. The van der Waals surface area contributed by atoms with E-state index in [1.165, 1.54) is 0 Å². The van der Waals surface area contributed by atoms with Gasteiger partial charge in [0.1, 0.15) is 12.7 Å². The second kappa shape index (κ2) is 6.88. The van der Waals surface area contributed by atoms with E-state index in [0.29, 0.717) is 6.61 Å². The summed E-state index contributed by atoms with van der Waals surface area (Å²) in [7, 11) is 0. The molecule has 3 atom stereocenters. The summed E-state index contributed by atoms with van der Waals surface area (Å²) < 4.78 is 17.0. The molecular formula is C18H34O4. The van der Waals surface area contributed by atoms with Gasteiger partial charge in [0, 0.05) is 0 Å². The lowest BCUT2D eigenvalue weighted by atomic mass is 9.69. The van der Waals surface area contributed by atoms with Crippen LogP contribution < -0.4 is 0 Å². The van der Waals surface area contributed by atoms with Gasteiger partial charge in [0.15, 0.2) is 5.79 Å². The molecule has 0 aliphatic carbocycles. The lowest BCUT2D eigenvalue weighted by Gasteiger charge is -2.37. The van der Waals surface area contributed by atoms with Crippen molar-refractivity contribution in [2.75, 3.05) is 13.2 Å². The fraction of sp³-hybridized carbons (Fsp3) is 0.944. The molecule has 0 aromatic carbocycles. The van der Waals surface area contributed by atoms with Gasteiger partial charge < -0.3 is 14.2 Å². The van der Waals surface area contributed by atoms with Crippen molar-refractivity contribution in [3.8, 4) is 0 Å². The zero-order chi connectivity index (χ0) is 17.2. The number of hydrogen-bond donors (Lipinski definition) is 0. The van der Waals surface area contributed by atoms with Gasteiger partial charge in [-0.25, -0.2) is 0 Å². The molecule has 0 saturated carbocycles. The van der Waals surface area contributed by atoms with Crippen molar-refractivity contribution in [1.82, 2.24) is 0 Å². The molecule has 0 amide bonds. The Labute approximate surface area is 135 Å². The molecule has 0 aromatic rings. The summed E-state index contributed by atoms with van der Waals surface area (Å²) in [5.74, 6) is -0.448. The zero-order valence-corrected chi connectivity index (χ0v) is 15.6. The molecule has 1 heterocycles. The molecule has 1 saturated heterocycles. The molecule has 3 unspecified atom stereocenters. The van der Waals surface area contributed by atoms with Gasteiger partial charge in [0.2, 0.25) is 0 Å². The largest absolute Gasteiger partial charge is 0.462 e. The fourth-order valence-corrected chi connectivity index (χ4v) is 2.90. The van der Waals surface area contributed by atoms with Crippen LogP contribution in [-0.2, 0) is 19.0 Å². The van der Waals surface area contributed by atoms with Gasteiger partial charge in [-0.3, -0.25) is 4.79 Å². The van der Waals surface area contributed by atoms with Crippen LogP contribution in [0.1, 0.15) is 68.2 Å². The summed E-state index contributed by atoms with van der Waals surface area (Å²) in [6.07, 6.45) is 1.41. The van der Waals surface area contributed by atoms with Crippen LogP contribution in [0.3, 0.4) is 0 Å². The molecule has 0 bridgehead atoms. The van der Waals surface area contributed by atoms with Crippen LogP contribution in [0.4, 0.5) is 0 Å². The minimum Gasteiger partial charge on any atom is -0.462 e. The van der Waals surface area contributed by atoms with E-state index < -0.39 is 11.2 Å². The third-order valence-corrected chi connectivity index (χ3v) is 4.67. The van der Waals surface area contributed by atoms with Gasteiger partial charge >= 0.3 is 5.97 Å². The molecule has 0 spiro atoms. The standard InChI is InChI=1S/C18H34O4/c1-9-18(8)21-11-14(22-18)10-20-15(19)17(7,13(2)3)12-16(4,5)6/h13-14H,9-12H2,1-8H3. The number of hydrogen-bond acceptors (Lipinski definition) is 4. The molecule has 1 aliphatic rings. The Hall–Kier alpha value is -0.610. The topological polar surface area (TPSA) is 44.8 Å². The SMILES string of the molecule is CCC1(C)OCC(COC(=O)C(C)(CC(C)(C)C)C(C)C)O1. The highest BCUT2D eigenvalue weighted by molar-refractivity contribution is 5.76. The first-order chi connectivity index (χ1) is 9.92. The summed E-state index contributed by atoms with van der Waals surface area (Å²) in [5.41, 5.74) is -0.405. The molecule has 4 nitrogen and oxygen atoms in total. The monoisotopic (exact) mass is 314 g/mol. The molecule has 1 rings (SSSR count). The normalized spacial score (nSPS) is 28.7. The van der Waals surface area contributed by atoms with Crippen LogP contribution in [0.15, 0.2) is 0 Å². The smallest absolute Gasteiger partial charge is 0.312 e. The molecule has 4 heteroatoms. The van der Waals surface area contributed by atoms with Gasteiger partial charge in [0.25, 0.3) is 0 Å². The highest BCUT2D eigenvalue weighted by Crippen LogP contribution is 2.40. The maximum Gasteiger partial charge on any atom is 0.312 e. The molecule has 22 heavy (non-hydrogen) atoms. The Bertz CT molecular complexity index is 385. The second-order valence-electron chi connectivity index (χ2n) is 8.45. The fourth-order valence-electron chi connectivity index (χ4n) is 2.90. The third-order valence-electron chi connectivity index (χ3n) is 4.67. The lowest BCUT2D eigenvalue weighted by Crippen LogP contribution is -2.40. The Kier molecular flexibility index (Phi) is 6.07. The van der Waals surface area contributed by atoms with Crippen LogP contribution in [0, 0.1) is 16.7 Å². The van der Waals surface area contributed by atoms with E-state index in [9.17, 15) is 4.79 Å². The van der Waals surface area contributed by atoms with Crippen molar-refractivity contribution in [2.45, 2.75) is 80.1 Å². The van der Waals surface area contributed by atoms with Crippen LogP contribution in [0.5, 0.6) is 0 Å². The number of carbonyl (C=O) groups is 1. The van der Waals surface area contributed by atoms with Crippen LogP contribution in [0.2, 0.25) is 0 Å². The highest BCUT2D eigenvalue weighted by atomic mass is 16.7. The molecular weight excluding hydrogens is 280 g/mol.